The molecule has 1 unspecified atom stereocenters. The summed E-state index contributed by atoms with van der Waals surface area (Å²) in [5.74, 6) is 1.09. The van der Waals surface area contributed by atoms with Crippen molar-refractivity contribution in [2.24, 2.45) is 0 Å². The van der Waals surface area contributed by atoms with Gasteiger partial charge in [0.2, 0.25) is 5.91 Å². The van der Waals surface area contributed by atoms with E-state index in [0.717, 1.165) is 62.3 Å². The standard InChI is InChI=1S/C30H43N3O5/c1-5-6-7-15-29(35)38-25(22-37-27-14-9-8-13-26(27)36-4)20-32-16-18-33(19-17-32)21-28(34)31-30-23(2)11-10-12-24(30)3/h8-14,25H,5-7,15-22H2,1-4H3,(H,31,34). The second-order valence-corrected chi connectivity index (χ2v) is 9.92. The van der Waals surface area contributed by atoms with E-state index in [1.54, 1.807) is 7.11 Å². The minimum absolute atomic E-state index is 0.0000517. The highest BCUT2D eigenvalue weighted by Gasteiger charge is 2.24. The van der Waals surface area contributed by atoms with E-state index in [1.165, 1.54) is 0 Å². The highest BCUT2D eigenvalue weighted by molar-refractivity contribution is 5.93. The maximum absolute atomic E-state index is 12.7. The number of nitrogens with one attached hydrogen (secondary N) is 1. The van der Waals surface area contributed by atoms with E-state index in [0.29, 0.717) is 31.0 Å². The second-order valence-electron chi connectivity index (χ2n) is 9.92. The number of rotatable bonds is 14. The molecule has 1 aliphatic rings. The molecule has 0 saturated carbocycles. The summed E-state index contributed by atoms with van der Waals surface area (Å²) in [5.41, 5.74) is 3.03. The Kier molecular flexibility index (Phi) is 11.9. The van der Waals surface area contributed by atoms with Crippen LogP contribution < -0.4 is 14.8 Å². The van der Waals surface area contributed by atoms with Gasteiger partial charge in [-0.25, -0.2) is 0 Å². The summed E-state index contributed by atoms with van der Waals surface area (Å²) in [6.45, 7) is 10.4. The molecular weight excluding hydrogens is 482 g/mol. The van der Waals surface area contributed by atoms with Crippen molar-refractivity contribution in [2.75, 3.05) is 58.3 Å². The lowest BCUT2D eigenvalue weighted by molar-refractivity contribution is -0.152. The Morgan fingerprint density at radius 2 is 1.58 bits per heavy atom. The van der Waals surface area contributed by atoms with E-state index in [2.05, 4.69) is 22.0 Å². The molecule has 0 spiro atoms. The largest absolute Gasteiger partial charge is 0.493 e. The van der Waals surface area contributed by atoms with Crippen molar-refractivity contribution in [3.8, 4) is 11.5 Å². The van der Waals surface area contributed by atoms with Crippen molar-refractivity contribution in [1.82, 2.24) is 9.80 Å². The van der Waals surface area contributed by atoms with E-state index >= 15 is 0 Å². The number of carbonyl (C=O) groups excluding carboxylic acids is 2. The number of anilines is 1. The number of benzene rings is 2. The van der Waals surface area contributed by atoms with Crippen LogP contribution in [0.15, 0.2) is 42.5 Å². The fraction of sp³-hybridized carbons (Fsp3) is 0.533. The molecular formula is C30H43N3O5. The molecule has 8 heteroatoms. The average Bonchev–Trinajstić information content (AvgIpc) is 2.91. The SMILES string of the molecule is CCCCCC(=O)OC(COc1ccccc1OC)CN1CCN(CC(=O)Nc2c(C)cccc2C)CC1. The first-order valence-corrected chi connectivity index (χ1v) is 13.7. The summed E-state index contributed by atoms with van der Waals surface area (Å²) in [6.07, 6.45) is 2.92. The Labute approximate surface area is 227 Å². The summed E-state index contributed by atoms with van der Waals surface area (Å²) in [4.78, 5) is 29.6. The molecule has 0 bridgehead atoms. The lowest BCUT2D eigenvalue weighted by Gasteiger charge is -2.36. The number of carbonyl (C=O) groups is 2. The van der Waals surface area contributed by atoms with Gasteiger partial charge in [0.25, 0.3) is 0 Å². The van der Waals surface area contributed by atoms with Crippen LogP contribution in [0.25, 0.3) is 0 Å². The zero-order valence-electron chi connectivity index (χ0n) is 23.3. The fourth-order valence-corrected chi connectivity index (χ4v) is 4.62. The first-order valence-electron chi connectivity index (χ1n) is 13.7. The number of methoxy groups -OCH3 is 1. The lowest BCUT2D eigenvalue weighted by atomic mass is 10.1. The number of esters is 1. The number of hydrogen-bond donors (Lipinski definition) is 1. The Bertz CT molecular complexity index is 1020. The van der Waals surface area contributed by atoms with Crippen LogP contribution in [0.2, 0.25) is 0 Å². The number of piperazine rings is 1. The van der Waals surface area contributed by atoms with Gasteiger partial charge >= 0.3 is 5.97 Å². The summed E-state index contributed by atoms with van der Waals surface area (Å²) in [6, 6.07) is 13.5. The van der Waals surface area contributed by atoms with Crippen molar-refractivity contribution in [3.63, 3.8) is 0 Å². The number of ether oxygens (including phenoxy) is 3. The van der Waals surface area contributed by atoms with E-state index in [4.69, 9.17) is 14.2 Å². The van der Waals surface area contributed by atoms with Crippen LogP contribution in [0.3, 0.4) is 0 Å². The van der Waals surface area contributed by atoms with Gasteiger partial charge in [0.15, 0.2) is 11.5 Å². The molecule has 1 amide bonds. The number of para-hydroxylation sites is 3. The van der Waals surface area contributed by atoms with Crippen LogP contribution in [0.4, 0.5) is 5.69 Å². The summed E-state index contributed by atoms with van der Waals surface area (Å²) >= 11 is 0. The van der Waals surface area contributed by atoms with Crippen molar-refractivity contribution >= 4 is 17.6 Å². The Balaban J connectivity index is 1.51. The average molecular weight is 526 g/mol. The van der Waals surface area contributed by atoms with Crippen LogP contribution >= 0.6 is 0 Å². The van der Waals surface area contributed by atoms with Crippen LogP contribution in [0, 0.1) is 13.8 Å². The molecule has 1 atom stereocenters. The fourth-order valence-electron chi connectivity index (χ4n) is 4.62. The normalized spacial score (nSPS) is 15.1. The number of amides is 1. The molecule has 2 aromatic carbocycles. The quantitative estimate of drug-likeness (QED) is 0.289. The zero-order valence-corrected chi connectivity index (χ0v) is 23.3. The minimum Gasteiger partial charge on any atom is -0.493 e. The van der Waals surface area contributed by atoms with Crippen molar-refractivity contribution in [2.45, 2.75) is 52.6 Å². The third kappa shape index (κ3) is 9.33. The van der Waals surface area contributed by atoms with E-state index in [-0.39, 0.29) is 18.5 Å². The minimum atomic E-state index is -0.395. The molecule has 1 aliphatic heterocycles. The molecule has 38 heavy (non-hydrogen) atoms. The molecule has 0 aromatic heterocycles. The molecule has 1 heterocycles. The number of unbranched alkanes of at least 4 members (excludes halogenated alkanes) is 2. The molecule has 0 radical (unpaired) electrons. The Morgan fingerprint density at radius 3 is 2.24 bits per heavy atom. The third-order valence-electron chi connectivity index (χ3n) is 6.82. The van der Waals surface area contributed by atoms with Crippen molar-refractivity contribution in [1.29, 1.82) is 0 Å². The monoisotopic (exact) mass is 525 g/mol. The maximum Gasteiger partial charge on any atom is 0.306 e. The summed E-state index contributed by atoms with van der Waals surface area (Å²) in [7, 11) is 1.61. The van der Waals surface area contributed by atoms with Gasteiger partial charge in [0, 0.05) is 44.8 Å². The van der Waals surface area contributed by atoms with Gasteiger partial charge in [-0.15, -0.1) is 0 Å². The summed E-state index contributed by atoms with van der Waals surface area (Å²) in [5, 5.41) is 3.07. The van der Waals surface area contributed by atoms with Crippen LogP contribution in [-0.2, 0) is 14.3 Å². The highest BCUT2D eigenvalue weighted by atomic mass is 16.6. The van der Waals surface area contributed by atoms with E-state index in [9.17, 15) is 9.59 Å². The lowest BCUT2D eigenvalue weighted by Crippen LogP contribution is -2.51. The molecule has 208 valence electrons. The van der Waals surface area contributed by atoms with Crippen molar-refractivity contribution < 1.29 is 23.8 Å². The van der Waals surface area contributed by atoms with Crippen LogP contribution in [0.1, 0.15) is 43.7 Å². The number of nitrogens with zero attached hydrogens (tertiary/aromatic N) is 2. The van der Waals surface area contributed by atoms with Gasteiger partial charge < -0.3 is 19.5 Å². The third-order valence-corrected chi connectivity index (χ3v) is 6.82. The first kappa shape index (κ1) is 29.5. The molecule has 1 saturated heterocycles. The topological polar surface area (TPSA) is 80.3 Å². The molecule has 2 aromatic rings. The Morgan fingerprint density at radius 1 is 0.921 bits per heavy atom. The van der Waals surface area contributed by atoms with Gasteiger partial charge in [0.05, 0.1) is 13.7 Å². The van der Waals surface area contributed by atoms with Gasteiger partial charge in [-0.3, -0.25) is 19.4 Å². The molecule has 1 N–H and O–H groups in total. The highest BCUT2D eigenvalue weighted by Crippen LogP contribution is 2.26. The molecule has 8 nitrogen and oxygen atoms in total. The molecule has 3 rings (SSSR count). The molecule has 0 aliphatic carbocycles. The first-order chi connectivity index (χ1) is 18.4. The molecule has 1 fully saturated rings. The van der Waals surface area contributed by atoms with Gasteiger partial charge in [-0.1, -0.05) is 50.1 Å². The number of hydrogen-bond acceptors (Lipinski definition) is 7. The van der Waals surface area contributed by atoms with Gasteiger partial charge in [-0.2, -0.15) is 0 Å². The van der Waals surface area contributed by atoms with Crippen LogP contribution in [0.5, 0.6) is 11.5 Å². The van der Waals surface area contributed by atoms with Crippen LogP contribution in [-0.4, -0.2) is 80.8 Å². The number of aryl methyl sites for hydroxylation is 2. The second kappa shape index (κ2) is 15.3. The summed E-state index contributed by atoms with van der Waals surface area (Å²) < 4.78 is 17.3. The van der Waals surface area contributed by atoms with E-state index in [1.807, 2.05) is 56.3 Å². The predicted molar refractivity (Wildman–Crippen MR) is 150 cm³/mol. The van der Waals surface area contributed by atoms with Crippen molar-refractivity contribution in [3.05, 3.63) is 53.6 Å². The smallest absolute Gasteiger partial charge is 0.306 e. The maximum atomic E-state index is 12.7. The predicted octanol–water partition coefficient (Wildman–Crippen LogP) is 4.44. The van der Waals surface area contributed by atoms with E-state index < -0.39 is 6.10 Å². The Hall–Kier alpha value is -3.10. The zero-order chi connectivity index (χ0) is 27.3. The van der Waals surface area contributed by atoms with Gasteiger partial charge in [-0.05, 0) is 43.5 Å². The van der Waals surface area contributed by atoms with Gasteiger partial charge in [0.1, 0.15) is 12.7 Å².